The topological polar surface area (TPSA) is 83.5 Å². The lowest BCUT2D eigenvalue weighted by Gasteiger charge is -2.13. The zero-order valence-electron chi connectivity index (χ0n) is 11.1. The maximum Gasteiger partial charge on any atom is 0.338 e. The monoisotopic (exact) mass is 351 g/mol. The highest BCUT2D eigenvalue weighted by Crippen LogP contribution is 2.31. The number of nitrogens with one attached hydrogen (secondary N) is 1. The molecule has 0 bridgehead atoms. The molecule has 0 unspecified atom stereocenters. The summed E-state index contributed by atoms with van der Waals surface area (Å²) in [5, 5.41) is 8.59. The van der Waals surface area contributed by atoms with Crippen molar-refractivity contribution in [1.29, 1.82) is 0 Å². The third-order valence-electron chi connectivity index (χ3n) is 3.60. The van der Waals surface area contributed by atoms with Crippen LogP contribution >= 0.6 is 23.2 Å². The summed E-state index contributed by atoms with van der Waals surface area (Å²) in [5.41, 5.74) is -0.401. The van der Waals surface area contributed by atoms with E-state index in [2.05, 4.69) is 4.72 Å². The standard InChI is InChI=1S/C13H15Cl2NO4S/c14-9-5-6-10(12(15)11(9)13(17)18)21(19,20)16-7-8-3-1-2-4-8/h5-6,8,16H,1-4,7H2,(H,17,18). The quantitative estimate of drug-likeness (QED) is 0.853. The highest BCUT2D eigenvalue weighted by atomic mass is 35.5. The second kappa shape index (κ2) is 6.52. The van der Waals surface area contributed by atoms with Crippen LogP contribution in [-0.4, -0.2) is 26.0 Å². The van der Waals surface area contributed by atoms with Gasteiger partial charge in [-0.25, -0.2) is 17.9 Å². The lowest BCUT2D eigenvalue weighted by molar-refractivity contribution is 0.0697. The van der Waals surface area contributed by atoms with Gasteiger partial charge >= 0.3 is 5.97 Å². The first-order valence-electron chi connectivity index (χ1n) is 6.54. The van der Waals surface area contributed by atoms with E-state index in [1.54, 1.807) is 0 Å². The van der Waals surface area contributed by atoms with E-state index in [1.807, 2.05) is 0 Å². The SMILES string of the molecule is O=C(O)c1c(Cl)ccc(S(=O)(=O)NCC2CCCC2)c1Cl. The van der Waals surface area contributed by atoms with Gasteiger partial charge in [0.05, 0.1) is 15.6 Å². The van der Waals surface area contributed by atoms with Gasteiger partial charge in [-0.2, -0.15) is 0 Å². The second-order valence-corrected chi connectivity index (χ2v) is 7.56. The van der Waals surface area contributed by atoms with Crippen LogP contribution in [0.15, 0.2) is 17.0 Å². The Balaban J connectivity index is 2.27. The predicted molar refractivity (Wildman–Crippen MR) is 80.6 cm³/mol. The van der Waals surface area contributed by atoms with Gasteiger partial charge in [-0.1, -0.05) is 36.0 Å². The molecule has 1 fully saturated rings. The van der Waals surface area contributed by atoms with Crippen LogP contribution in [-0.2, 0) is 10.0 Å². The first-order chi connectivity index (χ1) is 9.83. The molecular formula is C13H15Cl2NO4S. The van der Waals surface area contributed by atoms with Gasteiger partial charge < -0.3 is 5.11 Å². The van der Waals surface area contributed by atoms with Gasteiger partial charge in [0.25, 0.3) is 0 Å². The second-order valence-electron chi connectivity index (χ2n) is 5.04. The Morgan fingerprint density at radius 2 is 1.90 bits per heavy atom. The summed E-state index contributed by atoms with van der Waals surface area (Å²) in [4.78, 5) is 10.8. The number of carbonyl (C=O) groups is 1. The molecule has 0 atom stereocenters. The highest BCUT2D eigenvalue weighted by Gasteiger charge is 2.26. The van der Waals surface area contributed by atoms with Gasteiger partial charge in [0, 0.05) is 6.54 Å². The molecule has 1 aliphatic carbocycles. The Bertz CT molecular complexity index is 654. The molecule has 0 amide bonds. The Labute approximate surface area is 133 Å². The van der Waals surface area contributed by atoms with Gasteiger partial charge in [0.1, 0.15) is 4.90 Å². The molecule has 8 heteroatoms. The van der Waals surface area contributed by atoms with Crippen molar-refractivity contribution in [2.24, 2.45) is 5.92 Å². The molecule has 1 aromatic rings. The molecule has 0 saturated heterocycles. The summed E-state index contributed by atoms with van der Waals surface area (Å²) in [6, 6.07) is 2.44. The lowest BCUT2D eigenvalue weighted by Crippen LogP contribution is -2.29. The van der Waals surface area contributed by atoms with Gasteiger partial charge in [-0.15, -0.1) is 0 Å². The Hall–Kier alpha value is -0.820. The minimum atomic E-state index is -3.86. The summed E-state index contributed by atoms with van der Waals surface area (Å²) in [5.74, 6) is -1.04. The van der Waals surface area contributed by atoms with Crippen molar-refractivity contribution < 1.29 is 18.3 Å². The fourth-order valence-electron chi connectivity index (χ4n) is 2.46. The fraction of sp³-hybridized carbons (Fsp3) is 0.462. The van der Waals surface area contributed by atoms with Gasteiger partial charge in [-0.05, 0) is 30.9 Å². The molecule has 21 heavy (non-hydrogen) atoms. The molecule has 1 aromatic carbocycles. The van der Waals surface area contributed by atoms with E-state index in [9.17, 15) is 13.2 Å². The van der Waals surface area contributed by atoms with Gasteiger partial charge in [-0.3, -0.25) is 0 Å². The van der Waals surface area contributed by atoms with Crippen LogP contribution in [0, 0.1) is 5.92 Å². The van der Waals surface area contributed by atoms with Crippen LogP contribution in [0.5, 0.6) is 0 Å². The molecule has 2 N–H and O–H groups in total. The minimum Gasteiger partial charge on any atom is -0.478 e. The fourth-order valence-corrected chi connectivity index (χ4v) is 4.49. The normalized spacial score (nSPS) is 16.3. The Kier molecular flexibility index (Phi) is 5.14. The summed E-state index contributed by atoms with van der Waals surface area (Å²) in [6.07, 6.45) is 4.21. The lowest BCUT2D eigenvalue weighted by atomic mass is 10.1. The van der Waals surface area contributed by atoms with E-state index in [0.717, 1.165) is 25.7 Å². The molecule has 2 rings (SSSR count). The van der Waals surface area contributed by atoms with Crippen molar-refractivity contribution in [2.45, 2.75) is 30.6 Å². The third-order valence-corrected chi connectivity index (χ3v) is 5.88. The number of halogens is 2. The maximum absolute atomic E-state index is 12.3. The van der Waals surface area contributed by atoms with Gasteiger partial charge in [0.2, 0.25) is 10.0 Å². The van der Waals surface area contributed by atoms with Crippen molar-refractivity contribution in [1.82, 2.24) is 4.72 Å². The Morgan fingerprint density at radius 1 is 1.29 bits per heavy atom. The molecule has 1 saturated carbocycles. The highest BCUT2D eigenvalue weighted by molar-refractivity contribution is 7.89. The van der Waals surface area contributed by atoms with Crippen molar-refractivity contribution in [2.75, 3.05) is 6.54 Å². The first kappa shape index (κ1) is 16.5. The van der Waals surface area contributed by atoms with Gasteiger partial charge in [0.15, 0.2) is 0 Å². The number of aromatic carboxylic acids is 1. The number of hydrogen-bond acceptors (Lipinski definition) is 3. The average Bonchev–Trinajstić information content (AvgIpc) is 2.88. The number of sulfonamides is 1. The Morgan fingerprint density at radius 3 is 2.48 bits per heavy atom. The largest absolute Gasteiger partial charge is 0.478 e. The molecule has 5 nitrogen and oxygen atoms in total. The van der Waals surface area contributed by atoms with Crippen molar-refractivity contribution in [3.63, 3.8) is 0 Å². The number of benzene rings is 1. The summed E-state index contributed by atoms with van der Waals surface area (Å²) in [7, 11) is -3.86. The molecule has 0 spiro atoms. The summed E-state index contributed by atoms with van der Waals surface area (Å²) in [6.45, 7) is 0.337. The number of carboxylic acids is 1. The molecule has 0 radical (unpaired) electrons. The van der Waals surface area contributed by atoms with Crippen LogP contribution in [0.3, 0.4) is 0 Å². The molecule has 0 aromatic heterocycles. The van der Waals surface area contributed by atoms with E-state index >= 15 is 0 Å². The van der Waals surface area contributed by atoms with E-state index in [-0.39, 0.29) is 14.9 Å². The van der Waals surface area contributed by atoms with E-state index in [1.165, 1.54) is 12.1 Å². The molecule has 116 valence electrons. The molecular weight excluding hydrogens is 337 g/mol. The number of carboxylic acid groups (broad SMARTS) is 1. The number of hydrogen-bond donors (Lipinski definition) is 2. The van der Waals surface area contributed by atoms with E-state index in [0.29, 0.717) is 12.5 Å². The minimum absolute atomic E-state index is 0.0951. The maximum atomic E-state index is 12.3. The summed E-state index contributed by atoms with van der Waals surface area (Å²) < 4.78 is 27.0. The van der Waals surface area contributed by atoms with Crippen LogP contribution in [0.4, 0.5) is 0 Å². The number of rotatable bonds is 5. The average molecular weight is 352 g/mol. The predicted octanol–water partition coefficient (Wildman–Crippen LogP) is 3.16. The van der Waals surface area contributed by atoms with E-state index < -0.39 is 21.6 Å². The van der Waals surface area contributed by atoms with Crippen molar-refractivity contribution in [3.05, 3.63) is 27.7 Å². The zero-order valence-corrected chi connectivity index (χ0v) is 13.4. The third kappa shape index (κ3) is 3.69. The van der Waals surface area contributed by atoms with Crippen molar-refractivity contribution in [3.8, 4) is 0 Å². The molecule has 1 aliphatic rings. The van der Waals surface area contributed by atoms with Crippen LogP contribution in [0.25, 0.3) is 0 Å². The van der Waals surface area contributed by atoms with Crippen LogP contribution in [0.1, 0.15) is 36.0 Å². The first-order valence-corrected chi connectivity index (χ1v) is 8.78. The summed E-state index contributed by atoms with van der Waals surface area (Å²) >= 11 is 11.7. The molecule has 0 heterocycles. The molecule has 0 aliphatic heterocycles. The van der Waals surface area contributed by atoms with Crippen LogP contribution in [0.2, 0.25) is 10.0 Å². The van der Waals surface area contributed by atoms with Crippen molar-refractivity contribution >= 4 is 39.2 Å². The van der Waals surface area contributed by atoms with Crippen LogP contribution < -0.4 is 4.72 Å². The van der Waals surface area contributed by atoms with E-state index in [4.69, 9.17) is 28.3 Å². The zero-order chi connectivity index (χ0) is 15.6. The smallest absolute Gasteiger partial charge is 0.338 e.